The number of hydrogen-bond acceptors (Lipinski definition) is 4. The minimum atomic E-state index is -4.63. The number of halogens is 4. The monoisotopic (exact) mass is 370 g/mol. The molecule has 0 amide bonds. The SMILES string of the molecule is Fc1cc(C(F)(F)F)c2cc(NC3CCC4(CC3)OCCO4)ncc2c1. The molecule has 26 heavy (non-hydrogen) atoms. The molecule has 1 aromatic heterocycles. The zero-order valence-electron chi connectivity index (χ0n) is 13.9. The van der Waals surface area contributed by atoms with Crippen LogP contribution in [-0.2, 0) is 15.7 Å². The number of nitrogens with one attached hydrogen (secondary N) is 1. The second-order valence-corrected chi connectivity index (χ2v) is 6.77. The first-order valence-corrected chi connectivity index (χ1v) is 8.56. The molecule has 0 atom stereocenters. The summed E-state index contributed by atoms with van der Waals surface area (Å²) in [6, 6.07) is 2.99. The van der Waals surface area contributed by atoms with E-state index < -0.39 is 23.3 Å². The molecule has 1 saturated carbocycles. The molecule has 8 heteroatoms. The van der Waals surface area contributed by atoms with Crippen molar-refractivity contribution in [3.05, 3.63) is 35.8 Å². The summed E-state index contributed by atoms with van der Waals surface area (Å²) in [5.74, 6) is -1.07. The van der Waals surface area contributed by atoms with Crippen molar-refractivity contribution >= 4 is 16.6 Å². The van der Waals surface area contributed by atoms with Gasteiger partial charge in [-0.15, -0.1) is 0 Å². The van der Waals surface area contributed by atoms with E-state index in [2.05, 4.69) is 10.3 Å². The summed E-state index contributed by atoms with van der Waals surface area (Å²) in [6.45, 7) is 1.20. The first-order chi connectivity index (χ1) is 12.3. The fraction of sp³-hybridized carbons (Fsp3) is 0.500. The Kier molecular flexibility index (Phi) is 4.27. The molecule has 0 bridgehead atoms. The molecule has 140 valence electrons. The van der Waals surface area contributed by atoms with Crippen molar-refractivity contribution in [1.29, 1.82) is 0 Å². The normalized spacial score (nSPS) is 20.8. The topological polar surface area (TPSA) is 43.4 Å². The highest BCUT2D eigenvalue weighted by atomic mass is 19.4. The van der Waals surface area contributed by atoms with Crippen molar-refractivity contribution in [2.24, 2.45) is 0 Å². The Labute approximate surface area is 147 Å². The fourth-order valence-corrected chi connectivity index (χ4v) is 3.73. The van der Waals surface area contributed by atoms with Crippen LogP contribution in [0.15, 0.2) is 24.4 Å². The lowest BCUT2D eigenvalue weighted by Crippen LogP contribution is -2.39. The molecule has 1 aromatic carbocycles. The first-order valence-electron chi connectivity index (χ1n) is 8.56. The summed E-state index contributed by atoms with van der Waals surface area (Å²) >= 11 is 0. The Morgan fingerprint density at radius 3 is 2.42 bits per heavy atom. The van der Waals surface area contributed by atoms with Crippen molar-refractivity contribution in [1.82, 2.24) is 4.98 Å². The summed E-state index contributed by atoms with van der Waals surface area (Å²) in [5, 5.41) is 3.25. The van der Waals surface area contributed by atoms with Crippen molar-refractivity contribution < 1.29 is 27.0 Å². The zero-order chi connectivity index (χ0) is 18.4. The third kappa shape index (κ3) is 3.35. The van der Waals surface area contributed by atoms with Gasteiger partial charge in [0, 0.05) is 30.5 Å². The van der Waals surface area contributed by atoms with Crippen LogP contribution < -0.4 is 5.32 Å². The summed E-state index contributed by atoms with van der Waals surface area (Å²) in [6.07, 6.45) is -0.351. The van der Waals surface area contributed by atoms with E-state index in [0.717, 1.165) is 31.7 Å². The highest BCUT2D eigenvalue weighted by Crippen LogP contribution is 2.38. The lowest BCUT2D eigenvalue weighted by Gasteiger charge is -2.35. The van der Waals surface area contributed by atoms with Crippen LogP contribution in [0.5, 0.6) is 0 Å². The van der Waals surface area contributed by atoms with E-state index >= 15 is 0 Å². The molecule has 4 rings (SSSR count). The lowest BCUT2D eigenvalue weighted by atomic mass is 9.90. The zero-order valence-corrected chi connectivity index (χ0v) is 13.9. The van der Waals surface area contributed by atoms with E-state index in [1.54, 1.807) is 0 Å². The second-order valence-electron chi connectivity index (χ2n) is 6.77. The van der Waals surface area contributed by atoms with Crippen LogP contribution in [-0.4, -0.2) is 30.0 Å². The maximum absolute atomic E-state index is 13.5. The standard InChI is InChI=1S/C18H18F4N2O2/c19-12-7-11-10-23-16(9-14(11)15(8-12)18(20,21)22)24-13-1-3-17(4-2-13)25-5-6-26-17/h7-10,13H,1-6H2,(H,23,24). The number of fused-ring (bicyclic) bond motifs is 1. The maximum atomic E-state index is 13.5. The molecular formula is C18H18F4N2O2. The molecule has 1 spiro atoms. The Morgan fingerprint density at radius 1 is 1.08 bits per heavy atom. The van der Waals surface area contributed by atoms with Crippen LogP contribution >= 0.6 is 0 Å². The average Bonchev–Trinajstić information content (AvgIpc) is 3.04. The number of rotatable bonds is 2. The molecule has 0 radical (unpaired) electrons. The maximum Gasteiger partial charge on any atom is 0.417 e. The largest absolute Gasteiger partial charge is 0.417 e. The number of anilines is 1. The van der Waals surface area contributed by atoms with Crippen LogP contribution in [0, 0.1) is 5.82 Å². The number of alkyl halides is 3. The van der Waals surface area contributed by atoms with Crippen molar-refractivity contribution in [3.63, 3.8) is 0 Å². The van der Waals surface area contributed by atoms with Crippen molar-refractivity contribution in [2.45, 2.75) is 43.7 Å². The predicted molar refractivity (Wildman–Crippen MR) is 87.2 cm³/mol. The fourth-order valence-electron chi connectivity index (χ4n) is 3.73. The van der Waals surface area contributed by atoms with Gasteiger partial charge >= 0.3 is 6.18 Å². The summed E-state index contributed by atoms with van der Waals surface area (Å²) in [7, 11) is 0. The number of hydrogen-bond donors (Lipinski definition) is 1. The van der Waals surface area contributed by atoms with E-state index in [4.69, 9.17) is 9.47 Å². The van der Waals surface area contributed by atoms with E-state index in [-0.39, 0.29) is 16.8 Å². The molecule has 1 aliphatic heterocycles. The van der Waals surface area contributed by atoms with E-state index in [1.165, 1.54) is 12.3 Å². The Bertz CT molecular complexity index is 809. The van der Waals surface area contributed by atoms with Gasteiger partial charge in [0.25, 0.3) is 0 Å². The molecule has 0 unspecified atom stereocenters. The van der Waals surface area contributed by atoms with Gasteiger partial charge in [-0.2, -0.15) is 13.2 Å². The van der Waals surface area contributed by atoms with E-state index in [0.29, 0.717) is 25.1 Å². The number of benzene rings is 1. The Balaban J connectivity index is 1.55. The van der Waals surface area contributed by atoms with Crippen LogP contribution in [0.1, 0.15) is 31.2 Å². The first kappa shape index (κ1) is 17.5. The Morgan fingerprint density at radius 2 is 1.77 bits per heavy atom. The second kappa shape index (κ2) is 6.35. The molecule has 1 N–H and O–H groups in total. The lowest BCUT2D eigenvalue weighted by molar-refractivity contribution is -0.177. The van der Waals surface area contributed by atoms with Gasteiger partial charge in [-0.3, -0.25) is 0 Å². The van der Waals surface area contributed by atoms with E-state index in [9.17, 15) is 17.6 Å². The number of aromatic nitrogens is 1. The molecule has 2 fully saturated rings. The third-order valence-corrected chi connectivity index (χ3v) is 5.02. The number of nitrogens with zero attached hydrogens (tertiary/aromatic N) is 1. The van der Waals surface area contributed by atoms with Crippen LogP contribution in [0.3, 0.4) is 0 Å². The molecule has 2 aliphatic rings. The van der Waals surface area contributed by atoms with E-state index in [1.807, 2.05) is 0 Å². The van der Waals surface area contributed by atoms with Gasteiger partial charge in [-0.25, -0.2) is 9.37 Å². The highest BCUT2D eigenvalue weighted by Gasteiger charge is 2.40. The highest BCUT2D eigenvalue weighted by molar-refractivity contribution is 5.87. The van der Waals surface area contributed by atoms with Crippen LogP contribution in [0.2, 0.25) is 0 Å². The Hall–Kier alpha value is -1.93. The number of pyridine rings is 1. The van der Waals surface area contributed by atoms with Gasteiger partial charge in [0.05, 0.1) is 18.8 Å². The molecule has 1 saturated heterocycles. The minimum absolute atomic E-state index is 0.0638. The molecule has 2 heterocycles. The third-order valence-electron chi connectivity index (χ3n) is 5.02. The summed E-state index contributed by atoms with van der Waals surface area (Å²) < 4.78 is 64.5. The summed E-state index contributed by atoms with van der Waals surface area (Å²) in [4.78, 5) is 4.15. The van der Waals surface area contributed by atoms with Gasteiger partial charge in [-0.05, 0) is 36.4 Å². The quantitative estimate of drug-likeness (QED) is 0.791. The number of ether oxygens (including phenoxy) is 2. The van der Waals surface area contributed by atoms with Gasteiger partial charge in [-0.1, -0.05) is 0 Å². The smallest absolute Gasteiger partial charge is 0.367 e. The van der Waals surface area contributed by atoms with Crippen LogP contribution in [0.25, 0.3) is 10.8 Å². The van der Waals surface area contributed by atoms with Gasteiger partial charge in [0.2, 0.25) is 0 Å². The minimum Gasteiger partial charge on any atom is -0.367 e. The van der Waals surface area contributed by atoms with Gasteiger partial charge in [0.15, 0.2) is 5.79 Å². The van der Waals surface area contributed by atoms with Crippen molar-refractivity contribution in [2.75, 3.05) is 18.5 Å². The van der Waals surface area contributed by atoms with Gasteiger partial charge < -0.3 is 14.8 Å². The van der Waals surface area contributed by atoms with Crippen molar-refractivity contribution in [3.8, 4) is 0 Å². The predicted octanol–water partition coefficient (Wildman–Crippen LogP) is 4.49. The summed E-state index contributed by atoms with van der Waals surface area (Å²) in [5.41, 5.74) is -0.992. The van der Waals surface area contributed by atoms with Crippen LogP contribution in [0.4, 0.5) is 23.4 Å². The average molecular weight is 370 g/mol. The molecule has 2 aromatic rings. The molecule has 1 aliphatic carbocycles. The van der Waals surface area contributed by atoms with Gasteiger partial charge in [0.1, 0.15) is 11.6 Å². The molecular weight excluding hydrogens is 352 g/mol. The molecule has 4 nitrogen and oxygen atoms in total.